The summed E-state index contributed by atoms with van der Waals surface area (Å²) in [6.07, 6.45) is -3.41. The van der Waals surface area contributed by atoms with Gasteiger partial charge in [0.15, 0.2) is 0 Å². The van der Waals surface area contributed by atoms with Crippen LogP contribution in [0, 0.1) is 0 Å². The second-order valence-electron chi connectivity index (χ2n) is 9.69. The van der Waals surface area contributed by atoms with Gasteiger partial charge >= 0.3 is 5.90 Å². The van der Waals surface area contributed by atoms with Crippen LogP contribution >= 0.6 is 0 Å². The zero-order chi connectivity index (χ0) is 29.0. The Kier molecular flexibility index (Phi) is 9.94. The number of hydrogen-bond donors (Lipinski definition) is 0. The Morgan fingerprint density at radius 3 is 1.51 bits per heavy atom. The monoisotopic (exact) mass is 551 g/mol. The molecule has 1 heterocycles. The summed E-state index contributed by atoms with van der Waals surface area (Å²) >= 11 is 0. The van der Waals surface area contributed by atoms with E-state index in [1.54, 1.807) is 0 Å². The predicted octanol–water partition coefficient (Wildman–Crippen LogP) is 5.99. The lowest BCUT2D eigenvalue weighted by Gasteiger charge is -2.40. The summed E-state index contributed by atoms with van der Waals surface area (Å²) in [5.74, 6) is -0.0935. The number of rotatable bonds is 12. The minimum Gasteiger partial charge on any atom is -0.429 e. The van der Waals surface area contributed by atoms with Crippen molar-refractivity contribution in [3.05, 3.63) is 149 Å². The molecule has 41 heavy (non-hydrogen) atoms. The molecule has 0 amide bonds. The largest absolute Gasteiger partial charge is 0.482 e. The third kappa shape index (κ3) is 8.21. The smallest absolute Gasteiger partial charge is 0.429 e. The van der Waals surface area contributed by atoms with Gasteiger partial charge in [-0.15, -0.1) is 4.79 Å². The second kappa shape index (κ2) is 15.1. The van der Waals surface area contributed by atoms with E-state index in [9.17, 15) is 5.53 Å². The van der Waals surface area contributed by atoms with Gasteiger partial charge in [-0.2, -0.15) is 0 Å². The molecule has 1 aliphatic rings. The third-order valence-corrected chi connectivity index (χ3v) is 6.73. The maximum atomic E-state index is 10.1. The molecule has 1 aliphatic heterocycles. The SMILES string of the molecule is [2H]C1O[C@H](C(=[N+]=[N-])OCc2ccccc2)[C@@H](OCc2ccccc2)[C@H](OCc2ccccc2)[C@H]1OCc1ccccc1. The van der Waals surface area contributed by atoms with E-state index in [0.717, 1.165) is 22.3 Å². The van der Waals surface area contributed by atoms with E-state index < -0.39 is 31.0 Å². The van der Waals surface area contributed by atoms with Gasteiger partial charge in [0, 0.05) is 0 Å². The van der Waals surface area contributed by atoms with Crippen LogP contribution in [0.2, 0.25) is 0 Å². The van der Waals surface area contributed by atoms with Crippen molar-refractivity contribution in [2.75, 3.05) is 6.58 Å². The molecule has 0 aliphatic carbocycles. The molecule has 0 spiro atoms. The molecule has 5 atom stereocenters. The molecule has 1 unspecified atom stereocenters. The highest BCUT2D eigenvalue weighted by Gasteiger charge is 2.49. The van der Waals surface area contributed by atoms with E-state index >= 15 is 0 Å². The van der Waals surface area contributed by atoms with Gasteiger partial charge in [0.25, 0.3) is 0 Å². The Morgan fingerprint density at radius 2 is 1.05 bits per heavy atom. The van der Waals surface area contributed by atoms with Crippen molar-refractivity contribution in [3.8, 4) is 0 Å². The van der Waals surface area contributed by atoms with E-state index in [-0.39, 0.29) is 32.3 Å². The molecule has 7 heteroatoms. The number of benzene rings is 4. The molecule has 0 saturated carbocycles. The lowest BCUT2D eigenvalue weighted by atomic mass is 9.98. The van der Waals surface area contributed by atoms with Crippen molar-refractivity contribution < 1.29 is 29.8 Å². The van der Waals surface area contributed by atoms with Crippen LogP contribution < -0.4 is 0 Å². The summed E-state index contributed by atoms with van der Waals surface area (Å²) in [6.45, 7) is -0.262. The average molecular weight is 552 g/mol. The van der Waals surface area contributed by atoms with Gasteiger partial charge in [0.05, 0.1) is 27.8 Å². The highest BCUT2D eigenvalue weighted by atomic mass is 16.6. The summed E-state index contributed by atoms with van der Waals surface area (Å²) in [5.41, 5.74) is 13.8. The molecular weight excluding hydrogens is 516 g/mol. The molecule has 4 aromatic rings. The summed E-state index contributed by atoms with van der Waals surface area (Å²) < 4.78 is 40.2. The summed E-state index contributed by atoms with van der Waals surface area (Å²) in [4.78, 5) is 3.45. The highest BCUT2D eigenvalue weighted by molar-refractivity contribution is 5.76. The van der Waals surface area contributed by atoms with Crippen LogP contribution in [0.15, 0.2) is 121 Å². The van der Waals surface area contributed by atoms with Crippen LogP contribution in [0.5, 0.6) is 0 Å². The minimum absolute atomic E-state index is 0.0935. The van der Waals surface area contributed by atoms with E-state index in [0.29, 0.717) is 0 Å². The number of ether oxygens (including phenoxy) is 5. The van der Waals surface area contributed by atoms with Gasteiger partial charge in [0.2, 0.25) is 6.10 Å². The molecule has 0 bridgehead atoms. The molecule has 0 radical (unpaired) electrons. The van der Waals surface area contributed by atoms with Crippen LogP contribution in [-0.2, 0) is 50.1 Å². The number of hydrogen-bond acceptors (Lipinski definition) is 5. The molecule has 4 aromatic carbocycles. The highest BCUT2D eigenvalue weighted by Crippen LogP contribution is 2.28. The van der Waals surface area contributed by atoms with E-state index in [2.05, 4.69) is 4.79 Å². The van der Waals surface area contributed by atoms with Crippen LogP contribution in [0.4, 0.5) is 0 Å². The van der Waals surface area contributed by atoms with Crippen LogP contribution in [0.25, 0.3) is 5.53 Å². The maximum absolute atomic E-state index is 10.1. The van der Waals surface area contributed by atoms with Crippen molar-refractivity contribution in [2.24, 2.45) is 0 Å². The number of nitrogens with zero attached hydrogens (tertiary/aromatic N) is 2. The molecule has 1 saturated heterocycles. The first-order chi connectivity index (χ1) is 20.7. The minimum atomic E-state index is -1.17. The Labute approximate surface area is 242 Å². The summed E-state index contributed by atoms with van der Waals surface area (Å²) in [7, 11) is 0. The van der Waals surface area contributed by atoms with Crippen molar-refractivity contribution >= 4 is 5.90 Å². The molecule has 1 fully saturated rings. The van der Waals surface area contributed by atoms with Gasteiger partial charge in [-0.25, -0.2) is 0 Å². The van der Waals surface area contributed by atoms with Gasteiger partial charge < -0.3 is 29.2 Å². The second-order valence-corrected chi connectivity index (χ2v) is 9.69. The van der Waals surface area contributed by atoms with Gasteiger partial charge in [-0.1, -0.05) is 121 Å². The summed E-state index contributed by atoms with van der Waals surface area (Å²) in [5, 5.41) is 0. The zero-order valence-corrected chi connectivity index (χ0v) is 22.7. The first kappa shape index (κ1) is 27.1. The van der Waals surface area contributed by atoms with Crippen molar-refractivity contribution in [2.45, 2.75) is 50.8 Å². The van der Waals surface area contributed by atoms with Crippen LogP contribution in [0.1, 0.15) is 23.6 Å². The molecule has 7 nitrogen and oxygen atoms in total. The fraction of sp³-hybridized carbons (Fsp3) is 0.265. The molecular formula is C34H34N2O5. The summed E-state index contributed by atoms with van der Waals surface area (Å²) in [6, 6.07) is 38.8. The third-order valence-electron chi connectivity index (χ3n) is 6.73. The standard InChI is InChI=1S/C34H34N2O5/c35-36-34(41-24-29-19-11-4-12-20-29)33-32(39-23-28-17-9-3-10-18-28)31(38-22-27-15-7-2-8-16-27)30(25-40-33)37-21-26-13-5-1-6-14-26/h1-20,30-33H,21-25H2/t30-,31+,32-,33-/m0/s1/i25D/t25?,30-,31+,32-,33-. The lowest BCUT2D eigenvalue weighted by molar-refractivity contribution is -0.234. The Hall–Kier alpha value is -4.10. The maximum Gasteiger partial charge on any atom is 0.482 e. The fourth-order valence-electron chi connectivity index (χ4n) is 4.58. The first-order valence-electron chi connectivity index (χ1n) is 14.2. The van der Waals surface area contributed by atoms with E-state index in [1.807, 2.05) is 121 Å². The van der Waals surface area contributed by atoms with Crippen molar-refractivity contribution in [1.29, 1.82) is 0 Å². The van der Waals surface area contributed by atoms with Crippen LogP contribution in [-0.4, -0.2) is 41.7 Å². The molecule has 5 rings (SSSR count). The Balaban J connectivity index is 1.43. The molecule has 0 aromatic heterocycles. The first-order valence-corrected chi connectivity index (χ1v) is 13.6. The quantitative estimate of drug-likeness (QED) is 0.0936. The van der Waals surface area contributed by atoms with Gasteiger partial charge in [-0.3, -0.25) is 0 Å². The molecule has 210 valence electrons. The van der Waals surface area contributed by atoms with Gasteiger partial charge in [-0.05, 0) is 22.3 Å². The van der Waals surface area contributed by atoms with Crippen molar-refractivity contribution in [1.82, 2.24) is 0 Å². The van der Waals surface area contributed by atoms with Gasteiger partial charge in [0.1, 0.15) is 24.9 Å². The van der Waals surface area contributed by atoms with Crippen LogP contribution in [0.3, 0.4) is 0 Å². The van der Waals surface area contributed by atoms with E-state index in [1.165, 1.54) is 0 Å². The Bertz CT molecular complexity index is 1410. The predicted molar refractivity (Wildman–Crippen MR) is 155 cm³/mol. The lowest BCUT2D eigenvalue weighted by Crippen LogP contribution is -2.58. The average Bonchev–Trinajstić information content (AvgIpc) is 3.05. The fourth-order valence-corrected chi connectivity index (χ4v) is 4.58. The topological polar surface area (TPSA) is 82.6 Å². The van der Waals surface area contributed by atoms with Crippen molar-refractivity contribution in [3.63, 3.8) is 0 Å². The molecule has 0 N–H and O–H groups in total. The van der Waals surface area contributed by atoms with E-state index in [4.69, 9.17) is 25.1 Å². The zero-order valence-electron chi connectivity index (χ0n) is 23.7. The normalized spacial score (nSPS) is 22.3. The Morgan fingerprint density at radius 1 is 0.634 bits per heavy atom.